The molecule has 0 fully saturated rings. The van der Waals surface area contributed by atoms with Gasteiger partial charge in [-0.15, -0.1) is 0 Å². The van der Waals surface area contributed by atoms with E-state index in [9.17, 15) is 13.6 Å². The van der Waals surface area contributed by atoms with Crippen molar-refractivity contribution in [3.05, 3.63) is 64.4 Å². The SMILES string of the molecule is Cc1cccc(-c2n[nH]c(=S)n2CC(=O)Nc2cc(F)cc(F)c2)c1. The Kier molecular flexibility index (Phi) is 4.71. The molecule has 1 amide bonds. The summed E-state index contributed by atoms with van der Waals surface area (Å²) < 4.78 is 28.2. The van der Waals surface area contributed by atoms with Gasteiger partial charge in [-0.25, -0.2) is 8.78 Å². The Hall–Kier alpha value is -2.87. The van der Waals surface area contributed by atoms with Crippen LogP contribution in [-0.2, 0) is 11.3 Å². The molecule has 3 rings (SSSR count). The second-order valence-electron chi connectivity index (χ2n) is 5.51. The summed E-state index contributed by atoms with van der Waals surface area (Å²) in [5.74, 6) is -1.50. The lowest BCUT2D eigenvalue weighted by molar-refractivity contribution is -0.116. The number of carbonyl (C=O) groups excluding carboxylic acids is 1. The molecule has 5 nitrogen and oxygen atoms in total. The minimum atomic E-state index is -0.768. The van der Waals surface area contributed by atoms with Gasteiger partial charge in [-0.3, -0.25) is 14.5 Å². The number of aryl methyl sites for hydroxylation is 1. The minimum absolute atomic E-state index is 0.0367. The zero-order chi connectivity index (χ0) is 18.0. The number of H-pyrrole nitrogens is 1. The summed E-state index contributed by atoms with van der Waals surface area (Å²) in [4.78, 5) is 12.2. The second kappa shape index (κ2) is 6.94. The van der Waals surface area contributed by atoms with Crippen LogP contribution in [0, 0.1) is 23.3 Å². The van der Waals surface area contributed by atoms with Gasteiger partial charge in [0.25, 0.3) is 0 Å². The zero-order valence-electron chi connectivity index (χ0n) is 13.2. The van der Waals surface area contributed by atoms with Gasteiger partial charge in [0.1, 0.15) is 18.2 Å². The first kappa shape index (κ1) is 17.0. The lowest BCUT2D eigenvalue weighted by atomic mass is 10.1. The second-order valence-corrected chi connectivity index (χ2v) is 5.90. The van der Waals surface area contributed by atoms with Crippen LogP contribution in [0.5, 0.6) is 0 Å². The predicted octanol–water partition coefficient (Wildman–Crippen LogP) is 3.83. The molecule has 0 atom stereocenters. The van der Waals surface area contributed by atoms with E-state index < -0.39 is 17.5 Å². The number of nitrogens with one attached hydrogen (secondary N) is 2. The van der Waals surface area contributed by atoms with Gasteiger partial charge >= 0.3 is 0 Å². The fourth-order valence-corrected chi connectivity index (χ4v) is 2.64. The maximum Gasteiger partial charge on any atom is 0.244 e. The van der Waals surface area contributed by atoms with Crippen molar-refractivity contribution >= 4 is 23.8 Å². The molecule has 3 aromatic rings. The molecule has 0 radical (unpaired) electrons. The van der Waals surface area contributed by atoms with Gasteiger partial charge in [-0.05, 0) is 37.3 Å². The van der Waals surface area contributed by atoms with E-state index in [2.05, 4.69) is 15.5 Å². The molecule has 0 aliphatic heterocycles. The first-order valence-corrected chi connectivity index (χ1v) is 7.81. The maximum atomic E-state index is 13.2. The number of anilines is 1. The third-order valence-corrected chi connectivity index (χ3v) is 3.79. The van der Waals surface area contributed by atoms with E-state index in [1.807, 2.05) is 31.2 Å². The number of rotatable bonds is 4. The molecule has 1 aromatic heterocycles. The van der Waals surface area contributed by atoms with Crippen molar-refractivity contribution < 1.29 is 13.6 Å². The van der Waals surface area contributed by atoms with E-state index in [0.717, 1.165) is 29.3 Å². The Morgan fingerprint density at radius 3 is 2.64 bits per heavy atom. The van der Waals surface area contributed by atoms with Crippen LogP contribution in [0.25, 0.3) is 11.4 Å². The summed E-state index contributed by atoms with van der Waals surface area (Å²) in [5.41, 5.74) is 1.88. The average molecular weight is 360 g/mol. The summed E-state index contributed by atoms with van der Waals surface area (Å²) in [5, 5.41) is 9.27. The number of hydrogen-bond donors (Lipinski definition) is 2. The molecular weight excluding hydrogens is 346 g/mol. The van der Waals surface area contributed by atoms with Crippen LogP contribution in [0.15, 0.2) is 42.5 Å². The summed E-state index contributed by atoms with van der Waals surface area (Å²) in [6, 6.07) is 10.4. The molecule has 0 aliphatic rings. The standard InChI is InChI=1S/C17H14F2N4OS/c1-10-3-2-4-11(5-10)16-21-22-17(25)23(16)9-15(24)20-14-7-12(18)6-13(19)8-14/h2-8H,9H2,1H3,(H,20,24)(H,22,25). The van der Waals surface area contributed by atoms with Crippen molar-refractivity contribution in [2.24, 2.45) is 0 Å². The first-order chi connectivity index (χ1) is 11.9. The van der Waals surface area contributed by atoms with Crippen LogP contribution in [-0.4, -0.2) is 20.7 Å². The van der Waals surface area contributed by atoms with Gasteiger partial charge in [0.15, 0.2) is 10.6 Å². The molecule has 0 unspecified atom stereocenters. The number of hydrogen-bond acceptors (Lipinski definition) is 3. The number of amides is 1. The smallest absolute Gasteiger partial charge is 0.244 e. The number of carbonyl (C=O) groups is 1. The van der Waals surface area contributed by atoms with Crippen molar-refractivity contribution in [2.45, 2.75) is 13.5 Å². The molecular formula is C17H14F2N4OS. The number of benzene rings is 2. The zero-order valence-corrected chi connectivity index (χ0v) is 14.0. The van der Waals surface area contributed by atoms with Crippen LogP contribution in [0.2, 0.25) is 0 Å². The van der Waals surface area contributed by atoms with E-state index in [1.165, 1.54) is 4.57 Å². The summed E-state index contributed by atoms with van der Waals surface area (Å²) >= 11 is 5.18. The van der Waals surface area contributed by atoms with E-state index in [1.54, 1.807) is 0 Å². The third-order valence-electron chi connectivity index (χ3n) is 3.48. The number of aromatic nitrogens is 3. The summed E-state index contributed by atoms with van der Waals surface area (Å²) in [6.07, 6.45) is 0. The Bertz CT molecular complexity index is 976. The highest BCUT2D eigenvalue weighted by atomic mass is 32.1. The molecule has 2 aromatic carbocycles. The molecule has 128 valence electrons. The summed E-state index contributed by atoms with van der Waals surface area (Å²) in [6.45, 7) is 1.80. The van der Waals surface area contributed by atoms with Gasteiger partial charge in [0.05, 0.1) is 0 Å². The van der Waals surface area contributed by atoms with Crippen molar-refractivity contribution in [3.8, 4) is 11.4 Å². The Balaban J connectivity index is 1.84. The molecule has 25 heavy (non-hydrogen) atoms. The topological polar surface area (TPSA) is 62.7 Å². The monoisotopic (exact) mass is 360 g/mol. The van der Waals surface area contributed by atoms with Gasteiger partial charge in [-0.1, -0.05) is 23.8 Å². The lowest BCUT2D eigenvalue weighted by Gasteiger charge is -2.09. The molecule has 0 saturated heterocycles. The van der Waals surface area contributed by atoms with Gasteiger partial charge in [-0.2, -0.15) is 5.10 Å². The van der Waals surface area contributed by atoms with Crippen LogP contribution in [0.4, 0.5) is 14.5 Å². The largest absolute Gasteiger partial charge is 0.324 e. The lowest BCUT2D eigenvalue weighted by Crippen LogP contribution is -2.19. The highest BCUT2D eigenvalue weighted by Gasteiger charge is 2.13. The quantitative estimate of drug-likeness (QED) is 0.695. The molecule has 0 aliphatic carbocycles. The van der Waals surface area contributed by atoms with Crippen LogP contribution in [0.3, 0.4) is 0 Å². The molecule has 8 heteroatoms. The van der Waals surface area contributed by atoms with Gasteiger partial charge in [0.2, 0.25) is 5.91 Å². The normalized spacial score (nSPS) is 10.7. The van der Waals surface area contributed by atoms with Crippen LogP contribution < -0.4 is 5.32 Å². The average Bonchev–Trinajstić information content (AvgIpc) is 2.87. The van der Waals surface area contributed by atoms with Crippen molar-refractivity contribution in [1.82, 2.24) is 14.8 Å². The van der Waals surface area contributed by atoms with Gasteiger partial charge in [0, 0.05) is 17.3 Å². The fraction of sp³-hybridized carbons (Fsp3) is 0.118. The number of nitrogens with zero attached hydrogens (tertiary/aromatic N) is 2. The highest BCUT2D eigenvalue weighted by Crippen LogP contribution is 2.19. The molecule has 0 spiro atoms. The predicted molar refractivity (Wildman–Crippen MR) is 92.6 cm³/mol. The highest BCUT2D eigenvalue weighted by molar-refractivity contribution is 7.71. The van der Waals surface area contributed by atoms with Gasteiger partial charge < -0.3 is 5.32 Å². The Morgan fingerprint density at radius 1 is 1.24 bits per heavy atom. The molecule has 0 bridgehead atoms. The van der Waals surface area contributed by atoms with Crippen molar-refractivity contribution in [2.75, 3.05) is 5.32 Å². The Morgan fingerprint density at radius 2 is 1.96 bits per heavy atom. The van der Waals surface area contributed by atoms with Crippen LogP contribution >= 0.6 is 12.2 Å². The van der Waals surface area contributed by atoms with E-state index in [4.69, 9.17) is 12.2 Å². The minimum Gasteiger partial charge on any atom is -0.324 e. The molecule has 2 N–H and O–H groups in total. The number of aromatic amines is 1. The molecule has 0 saturated carbocycles. The number of halogens is 2. The van der Waals surface area contributed by atoms with Crippen molar-refractivity contribution in [1.29, 1.82) is 0 Å². The first-order valence-electron chi connectivity index (χ1n) is 7.40. The van der Waals surface area contributed by atoms with E-state index in [-0.39, 0.29) is 17.0 Å². The van der Waals surface area contributed by atoms with Crippen LogP contribution in [0.1, 0.15) is 5.56 Å². The fourth-order valence-electron chi connectivity index (χ4n) is 2.44. The Labute approximate surface area is 147 Å². The maximum absolute atomic E-state index is 13.2. The van der Waals surface area contributed by atoms with Crippen molar-refractivity contribution in [3.63, 3.8) is 0 Å². The molecule has 1 heterocycles. The third kappa shape index (κ3) is 3.97. The van der Waals surface area contributed by atoms with E-state index in [0.29, 0.717) is 5.82 Å². The summed E-state index contributed by atoms with van der Waals surface area (Å²) in [7, 11) is 0. The van der Waals surface area contributed by atoms with E-state index >= 15 is 0 Å².